The molecule has 3 aliphatic rings. The average molecular weight is 342 g/mol. The van der Waals surface area contributed by atoms with Crippen LogP contribution in [0, 0.1) is 17.8 Å². The van der Waals surface area contributed by atoms with E-state index < -0.39 is 9.84 Å². The molecule has 0 bridgehead atoms. The van der Waals surface area contributed by atoms with Gasteiger partial charge in [0.2, 0.25) is 0 Å². The number of sulfone groups is 1. The van der Waals surface area contributed by atoms with Gasteiger partial charge in [0.25, 0.3) is 0 Å². The monoisotopic (exact) mass is 341 g/mol. The van der Waals surface area contributed by atoms with Crippen LogP contribution in [0.15, 0.2) is 4.99 Å². The molecule has 1 saturated heterocycles. The molecule has 2 saturated carbocycles. The van der Waals surface area contributed by atoms with Crippen LogP contribution in [0.1, 0.15) is 52.4 Å². The zero-order valence-corrected chi connectivity index (χ0v) is 15.2. The summed E-state index contributed by atoms with van der Waals surface area (Å²) in [6.45, 7) is 5.29. The van der Waals surface area contributed by atoms with Crippen LogP contribution in [-0.4, -0.2) is 44.5 Å². The third kappa shape index (κ3) is 5.37. The summed E-state index contributed by atoms with van der Waals surface area (Å²) >= 11 is 0. The molecule has 0 amide bonds. The molecular weight excluding hydrogens is 310 g/mol. The molecule has 0 aromatic carbocycles. The van der Waals surface area contributed by atoms with Gasteiger partial charge < -0.3 is 10.6 Å². The molecule has 1 heterocycles. The molecule has 6 heteroatoms. The van der Waals surface area contributed by atoms with Gasteiger partial charge in [0, 0.05) is 18.6 Å². The standard InChI is InChI=1S/C17H31N3O2S/c1-12-7-13(2)9-16(8-12)20-17(19-15-3-4-15)18-10-14-5-6-23(21,22)11-14/h12-16H,3-11H2,1-2H3,(H2,18,19,20). The molecule has 3 fully saturated rings. The van der Waals surface area contributed by atoms with Crippen LogP contribution in [0.5, 0.6) is 0 Å². The summed E-state index contributed by atoms with van der Waals surface area (Å²) in [4.78, 5) is 4.73. The molecule has 0 radical (unpaired) electrons. The summed E-state index contributed by atoms with van der Waals surface area (Å²) in [7, 11) is -2.81. The lowest BCUT2D eigenvalue weighted by Gasteiger charge is -2.33. The Balaban J connectivity index is 1.57. The van der Waals surface area contributed by atoms with Crippen molar-refractivity contribution < 1.29 is 8.42 Å². The van der Waals surface area contributed by atoms with Gasteiger partial charge in [-0.3, -0.25) is 4.99 Å². The maximum absolute atomic E-state index is 11.6. The number of nitrogens with one attached hydrogen (secondary N) is 2. The highest BCUT2D eigenvalue weighted by Gasteiger charge is 2.29. The van der Waals surface area contributed by atoms with Gasteiger partial charge in [0.05, 0.1) is 11.5 Å². The normalized spacial score (nSPS) is 37.6. The van der Waals surface area contributed by atoms with Gasteiger partial charge >= 0.3 is 0 Å². The summed E-state index contributed by atoms with van der Waals surface area (Å²) in [5.41, 5.74) is 0. The van der Waals surface area contributed by atoms with Crippen LogP contribution in [0.25, 0.3) is 0 Å². The first-order valence-electron chi connectivity index (χ1n) is 9.17. The SMILES string of the molecule is CC1CC(C)CC(NC(=NCC2CCS(=O)(=O)C2)NC2CC2)C1. The minimum absolute atomic E-state index is 0.196. The maximum atomic E-state index is 11.6. The zero-order chi connectivity index (χ0) is 16.4. The molecule has 3 rings (SSSR count). The van der Waals surface area contributed by atoms with E-state index in [0.29, 0.717) is 30.1 Å². The first kappa shape index (κ1) is 17.1. The number of nitrogens with zero attached hydrogens (tertiary/aromatic N) is 1. The van der Waals surface area contributed by atoms with E-state index in [2.05, 4.69) is 24.5 Å². The molecule has 5 nitrogen and oxygen atoms in total. The van der Waals surface area contributed by atoms with Crippen molar-refractivity contribution in [2.24, 2.45) is 22.7 Å². The summed E-state index contributed by atoms with van der Waals surface area (Å²) in [6, 6.07) is 1.05. The predicted octanol–water partition coefficient (Wildman–Crippen LogP) is 1.94. The Labute approximate surface area is 140 Å². The van der Waals surface area contributed by atoms with Crippen LogP contribution in [0.4, 0.5) is 0 Å². The summed E-state index contributed by atoms with van der Waals surface area (Å²) in [5.74, 6) is 3.27. The van der Waals surface area contributed by atoms with Gasteiger partial charge in [-0.05, 0) is 56.3 Å². The Bertz CT molecular complexity index is 532. The van der Waals surface area contributed by atoms with Gasteiger partial charge in [0.15, 0.2) is 15.8 Å². The van der Waals surface area contributed by atoms with Crippen LogP contribution in [0.3, 0.4) is 0 Å². The number of rotatable bonds is 4. The lowest BCUT2D eigenvalue weighted by molar-refractivity contribution is 0.255. The summed E-state index contributed by atoms with van der Waals surface area (Å²) < 4.78 is 23.2. The fourth-order valence-electron chi connectivity index (χ4n) is 4.05. The van der Waals surface area contributed by atoms with Crippen LogP contribution in [-0.2, 0) is 9.84 Å². The third-order valence-corrected chi connectivity index (χ3v) is 7.11. The van der Waals surface area contributed by atoms with Crippen molar-refractivity contribution in [3.63, 3.8) is 0 Å². The Hall–Kier alpha value is -0.780. The van der Waals surface area contributed by atoms with E-state index in [0.717, 1.165) is 24.2 Å². The first-order chi connectivity index (χ1) is 10.9. The van der Waals surface area contributed by atoms with Crippen molar-refractivity contribution >= 4 is 15.8 Å². The Morgan fingerprint density at radius 3 is 2.22 bits per heavy atom. The van der Waals surface area contributed by atoms with E-state index in [1.807, 2.05) is 0 Å². The molecule has 23 heavy (non-hydrogen) atoms. The van der Waals surface area contributed by atoms with Crippen molar-refractivity contribution in [3.05, 3.63) is 0 Å². The van der Waals surface area contributed by atoms with Crippen LogP contribution < -0.4 is 10.6 Å². The molecule has 2 N–H and O–H groups in total. The van der Waals surface area contributed by atoms with E-state index in [-0.39, 0.29) is 5.92 Å². The fraction of sp³-hybridized carbons (Fsp3) is 0.941. The van der Waals surface area contributed by atoms with E-state index in [9.17, 15) is 8.42 Å². The Morgan fingerprint density at radius 2 is 1.65 bits per heavy atom. The van der Waals surface area contributed by atoms with Crippen molar-refractivity contribution in [2.75, 3.05) is 18.1 Å². The highest BCUT2D eigenvalue weighted by Crippen LogP contribution is 2.28. The highest BCUT2D eigenvalue weighted by molar-refractivity contribution is 7.91. The maximum Gasteiger partial charge on any atom is 0.191 e. The van der Waals surface area contributed by atoms with E-state index in [4.69, 9.17) is 4.99 Å². The topological polar surface area (TPSA) is 70.6 Å². The highest BCUT2D eigenvalue weighted by atomic mass is 32.2. The largest absolute Gasteiger partial charge is 0.354 e. The summed E-state index contributed by atoms with van der Waals surface area (Å²) in [5, 5.41) is 7.12. The molecule has 0 spiro atoms. The number of aliphatic imine (C=N–C) groups is 1. The lowest BCUT2D eigenvalue weighted by atomic mass is 9.80. The number of hydrogen-bond acceptors (Lipinski definition) is 3. The quantitative estimate of drug-likeness (QED) is 0.606. The molecule has 0 aromatic heterocycles. The van der Waals surface area contributed by atoms with Gasteiger partial charge in [0.1, 0.15) is 0 Å². The zero-order valence-electron chi connectivity index (χ0n) is 14.4. The number of guanidine groups is 1. The second-order valence-corrected chi connectivity index (χ2v) is 10.4. The average Bonchev–Trinajstić information content (AvgIpc) is 3.17. The van der Waals surface area contributed by atoms with Gasteiger partial charge in [-0.2, -0.15) is 0 Å². The Morgan fingerprint density at radius 1 is 1.00 bits per heavy atom. The molecular formula is C17H31N3O2S. The van der Waals surface area contributed by atoms with Gasteiger partial charge in [-0.15, -0.1) is 0 Å². The molecule has 3 unspecified atom stereocenters. The minimum Gasteiger partial charge on any atom is -0.354 e. The summed E-state index contributed by atoms with van der Waals surface area (Å²) in [6.07, 6.45) is 6.92. The smallest absolute Gasteiger partial charge is 0.191 e. The van der Waals surface area contributed by atoms with Crippen molar-refractivity contribution in [1.29, 1.82) is 0 Å². The van der Waals surface area contributed by atoms with Crippen molar-refractivity contribution in [3.8, 4) is 0 Å². The molecule has 1 aliphatic heterocycles. The van der Waals surface area contributed by atoms with Crippen LogP contribution >= 0.6 is 0 Å². The van der Waals surface area contributed by atoms with Crippen molar-refractivity contribution in [1.82, 2.24) is 10.6 Å². The molecule has 3 atom stereocenters. The minimum atomic E-state index is -2.81. The second kappa shape index (κ2) is 6.99. The third-order valence-electron chi connectivity index (χ3n) is 5.27. The van der Waals surface area contributed by atoms with E-state index in [1.54, 1.807) is 0 Å². The Kier molecular flexibility index (Phi) is 5.19. The lowest BCUT2D eigenvalue weighted by Crippen LogP contribution is -2.47. The molecule has 2 aliphatic carbocycles. The van der Waals surface area contributed by atoms with E-state index in [1.165, 1.54) is 32.1 Å². The van der Waals surface area contributed by atoms with E-state index >= 15 is 0 Å². The van der Waals surface area contributed by atoms with Gasteiger partial charge in [-0.1, -0.05) is 13.8 Å². The fourth-order valence-corrected chi connectivity index (χ4v) is 5.90. The van der Waals surface area contributed by atoms with Crippen LogP contribution in [0.2, 0.25) is 0 Å². The first-order valence-corrected chi connectivity index (χ1v) is 11.0. The predicted molar refractivity (Wildman–Crippen MR) is 94.3 cm³/mol. The molecule has 0 aromatic rings. The van der Waals surface area contributed by atoms with Gasteiger partial charge in [-0.25, -0.2) is 8.42 Å². The number of hydrogen-bond donors (Lipinski definition) is 2. The van der Waals surface area contributed by atoms with Crippen molar-refractivity contribution in [2.45, 2.75) is 64.5 Å². The molecule has 132 valence electrons. The second-order valence-electron chi connectivity index (χ2n) is 8.14.